The van der Waals surface area contributed by atoms with E-state index in [1.807, 2.05) is 19.2 Å². The van der Waals surface area contributed by atoms with Crippen molar-refractivity contribution in [3.05, 3.63) is 35.5 Å². The predicted octanol–water partition coefficient (Wildman–Crippen LogP) is 2.25. The van der Waals surface area contributed by atoms with Crippen LogP contribution in [0.3, 0.4) is 0 Å². The summed E-state index contributed by atoms with van der Waals surface area (Å²) in [5.41, 5.74) is 2.43. The number of aryl methyl sites for hydroxylation is 1. The molecule has 0 unspecified atom stereocenters. The zero-order valence-corrected chi connectivity index (χ0v) is 18.2. The molecule has 0 spiro atoms. The maximum absolute atomic E-state index is 12.9. The van der Waals surface area contributed by atoms with Crippen molar-refractivity contribution in [2.45, 2.75) is 31.8 Å². The summed E-state index contributed by atoms with van der Waals surface area (Å²) in [5, 5.41) is 10.4. The van der Waals surface area contributed by atoms with Crippen molar-refractivity contribution in [1.82, 2.24) is 19.3 Å². The zero-order valence-electron chi connectivity index (χ0n) is 18.2. The third-order valence-corrected chi connectivity index (χ3v) is 6.90. The number of likely N-dealkylation sites (N-methyl/N-ethyl adjacent to an activating group) is 1. The average molecular weight is 413 g/mol. The maximum Gasteiger partial charge on any atom is 0.352 e. The molecule has 2 fully saturated rings. The van der Waals surface area contributed by atoms with Gasteiger partial charge in [0.2, 0.25) is 5.91 Å². The second kappa shape index (κ2) is 8.40. The number of hydrogen-bond donors (Lipinski definition) is 1. The van der Waals surface area contributed by atoms with Gasteiger partial charge >= 0.3 is 5.97 Å². The van der Waals surface area contributed by atoms with Gasteiger partial charge in [0.25, 0.3) is 0 Å². The fourth-order valence-electron chi connectivity index (χ4n) is 5.03. The standard InChI is InChI=1S/C23H32N4O3/c1-24(2)19-9-12-27(15-19)22(28)16-7-10-26(11-8-16)14-18-6-4-5-17-13-20(23(29)30)25(3)21(17)18/h4-6,13,16,19H,7-12,14-15H2,1-3H3,(H,29,30)/t19-/m1/s1. The Morgan fingerprint density at radius 2 is 1.87 bits per heavy atom. The first-order valence-corrected chi connectivity index (χ1v) is 10.8. The molecule has 0 bridgehead atoms. The van der Waals surface area contributed by atoms with Crippen LogP contribution in [0.2, 0.25) is 0 Å². The molecule has 1 aromatic carbocycles. The van der Waals surface area contributed by atoms with Crippen LogP contribution < -0.4 is 0 Å². The Labute approximate surface area is 177 Å². The number of rotatable bonds is 5. The number of aromatic nitrogens is 1. The maximum atomic E-state index is 12.9. The smallest absolute Gasteiger partial charge is 0.352 e. The van der Waals surface area contributed by atoms with Crippen LogP contribution >= 0.6 is 0 Å². The highest BCUT2D eigenvalue weighted by Crippen LogP contribution is 2.27. The lowest BCUT2D eigenvalue weighted by Crippen LogP contribution is -2.42. The number of carboxylic acid groups (broad SMARTS) is 1. The molecule has 1 aromatic heterocycles. The molecule has 2 aromatic rings. The molecule has 2 aliphatic heterocycles. The number of carbonyl (C=O) groups is 2. The molecule has 2 saturated heterocycles. The molecular formula is C23H32N4O3. The van der Waals surface area contributed by atoms with Gasteiger partial charge in [0.05, 0.1) is 5.52 Å². The number of hydrogen-bond acceptors (Lipinski definition) is 4. The SMILES string of the molecule is CN(C)[C@@H]1CCN(C(=O)C2CCN(Cc3cccc4cc(C(=O)O)n(C)c34)CC2)C1. The van der Waals surface area contributed by atoms with Crippen molar-refractivity contribution < 1.29 is 14.7 Å². The van der Waals surface area contributed by atoms with E-state index in [1.165, 1.54) is 0 Å². The van der Waals surface area contributed by atoms with Gasteiger partial charge in [0.1, 0.15) is 5.69 Å². The second-order valence-electron chi connectivity index (χ2n) is 8.99. The van der Waals surface area contributed by atoms with E-state index >= 15 is 0 Å². The molecule has 1 amide bonds. The largest absolute Gasteiger partial charge is 0.477 e. The van der Waals surface area contributed by atoms with Crippen LogP contribution in [0.25, 0.3) is 10.9 Å². The molecule has 3 heterocycles. The van der Waals surface area contributed by atoms with Crippen LogP contribution in [-0.4, -0.2) is 82.6 Å². The summed E-state index contributed by atoms with van der Waals surface area (Å²) >= 11 is 0. The van der Waals surface area contributed by atoms with E-state index in [0.29, 0.717) is 17.6 Å². The number of piperidine rings is 1. The molecule has 0 aliphatic carbocycles. The topological polar surface area (TPSA) is 69.0 Å². The summed E-state index contributed by atoms with van der Waals surface area (Å²) in [6.45, 7) is 4.31. The molecule has 0 radical (unpaired) electrons. The van der Waals surface area contributed by atoms with E-state index in [0.717, 1.165) is 68.5 Å². The van der Waals surface area contributed by atoms with Gasteiger partial charge in [-0.3, -0.25) is 9.69 Å². The summed E-state index contributed by atoms with van der Waals surface area (Å²) < 4.78 is 1.78. The Kier molecular flexibility index (Phi) is 5.84. The zero-order chi connectivity index (χ0) is 21.4. The Morgan fingerprint density at radius 1 is 1.13 bits per heavy atom. The van der Waals surface area contributed by atoms with Crippen molar-refractivity contribution >= 4 is 22.8 Å². The van der Waals surface area contributed by atoms with Crippen LogP contribution in [0.1, 0.15) is 35.3 Å². The molecule has 4 rings (SSSR count). The first kappa shape index (κ1) is 20.9. The van der Waals surface area contributed by atoms with E-state index < -0.39 is 5.97 Å². The molecule has 30 heavy (non-hydrogen) atoms. The van der Waals surface area contributed by atoms with Crippen LogP contribution in [0.4, 0.5) is 0 Å². The summed E-state index contributed by atoms with van der Waals surface area (Å²) in [4.78, 5) is 31.1. The molecule has 7 heteroatoms. The molecule has 1 atom stereocenters. The number of carbonyl (C=O) groups excluding carboxylic acids is 1. The number of aromatic carboxylic acids is 1. The molecule has 7 nitrogen and oxygen atoms in total. The minimum atomic E-state index is -0.905. The number of carboxylic acids is 1. The first-order chi connectivity index (χ1) is 14.3. The van der Waals surface area contributed by atoms with Gasteiger partial charge in [0.15, 0.2) is 0 Å². The van der Waals surface area contributed by atoms with E-state index in [1.54, 1.807) is 10.6 Å². The number of nitrogens with zero attached hydrogens (tertiary/aromatic N) is 4. The average Bonchev–Trinajstić information content (AvgIpc) is 3.34. The monoisotopic (exact) mass is 412 g/mol. The normalized spacial score (nSPS) is 21.1. The van der Waals surface area contributed by atoms with Crippen LogP contribution in [0.5, 0.6) is 0 Å². The summed E-state index contributed by atoms with van der Waals surface area (Å²) in [6.07, 6.45) is 2.85. The summed E-state index contributed by atoms with van der Waals surface area (Å²) in [6, 6.07) is 8.26. The van der Waals surface area contributed by atoms with E-state index in [4.69, 9.17) is 0 Å². The molecular weight excluding hydrogens is 380 g/mol. The van der Waals surface area contributed by atoms with Crippen LogP contribution in [0.15, 0.2) is 24.3 Å². The quantitative estimate of drug-likeness (QED) is 0.816. The van der Waals surface area contributed by atoms with Gasteiger partial charge in [-0.1, -0.05) is 18.2 Å². The van der Waals surface area contributed by atoms with E-state index in [9.17, 15) is 14.7 Å². The van der Waals surface area contributed by atoms with Gasteiger partial charge < -0.3 is 19.5 Å². The second-order valence-corrected chi connectivity index (χ2v) is 8.99. The van der Waals surface area contributed by atoms with Crippen molar-refractivity contribution in [2.24, 2.45) is 13.0 Å². The number of fused-ring (bicyclic) bond motifs is 1. The minimum Gasteiger partial charge on any atom is -0.477 e. The Morgan fingerprint density at radius 3 is 2.50 bits per heavy atom. The van der Waals surface area contributed by atoms with Gasteiger partial charge in [-0.25, -0.2) is 4.79 Å². The van der Waals surface area contributed by atoms with Crippen molar-refractivity contribution in [2.75, 3.05) is 40.3 Å². The number of likely N-dealkylation sites (tertiary alicyclic amines) is 2. The van der Waals surface area contributed by atoms with Gasteiger partial charge in [-0.05, 0) is 58.1 Å². The Bertz CT molecular complexity index is 943. The van der Waals surface area contributed by atoms with Crippen LogP contribution in [0, 0.1) is 5.92 Å². The summed E-state index contributed by atoms with van der Waals surface area (Å²) in [7, 11) is 5.99. The van der Waals surface area contributed by atoms with E-state index in [-0.39, 0.29) is 5.92 Å². The summed E-state index contributed by atoms with van der Waals surface area (Å²) in [5.74, 6) is -0.446. The van der Waals surface area contributed by atoms with Crippen molar-refractivity contribution in [3.8, 4) is 0 Å². The lowest BCUT2D eigenvalue weighted by Gasteiger charge is -2.33. The highest BCUT2D eigenvalue weighted by molar-refractivity contribution is 5.95. The lowest BCUT2D eigenvalue weighted by molar-refractivity contribution is -0.136. The molecule has 1 N–H and O–H groups in total. The lowest BCUT2D eigenvalue weighted by atomic mass is 9.95. The molecule has 162 valence electrons. The third kappa shape index (κ3) is 3.96. The molecule has 2 aliphatic rings. The van der Waals surface area contributed by atoms with Crippen molar-refractivity contribution in [3.63, 3.8) is 0 Å². The van der Waals surface area contributed by atoms with Crippen molar-refractivity contribution in [1.29, 1.82) is 0 Å². The Balaban J connectivity index is 1.39. The fourth-order valence-corrected chi connectivity index (χ4v) is 5.03. The minimum absolute atomic E-state index is 0.131. The third-order valence-electron chi connectivity index (χ3n) is 6.90. The van der Waals surface area contributed by atoms with Crippen LogP contribution in [-0.2, 0) is 18.4 Å². The highest BCUT2D eigenvalue weighted by Gasteiger charge is 2.33. The van der Waals surface area contributed by atoms with Gasteiger partial charge in [-0.15, -0.1) is 0 Å². The van der Waals surface area contributed by atoms with Gasteiger partial charge in [-0.2, -0.15) is 0 Å². The number of para-hydroxylation sites is 1. The van der Waals surface area contributed by atoms with Gasteiger partial charge in [0, 0.05) is 44.0 Å². The number of benzene rings is 1. The predicted molar refractivity (Wildman–Crippen MR) is 117 cm³/mol. The number of amides is 1. The fraction of sp³-hybridized carbons (Fsp3) is 0.565. The van der Waals surface area contributed by atoms with E-state index in [2.05, 4.69) is 34.9 Å². The Hall–Kier alpha value is -2.38. The molecule has 0 saturated carbocycles. The first-order valence-electron chi connectivity index (χ1n) is 10.8. The highest BCUT2D eigenvalue weighted by atomic mass is 16.4.